The van der Waals surface area contributed by atoms with Crippen molar-refractivity contribution in [1.82, 2.24) is 5.32 Å². The average Bonchev–Trinajstić information content (AvgIpc) is 3.37. The fraction of sp³-hybridized carbons (Fsp3) is 0.409. The number of benzene rings is 2. The van der Waals surface area contributed by atoms with Crippen LogP contribution in [0.4, 0.5) is 18.0 Å². The van der Waals surface area contributed by atoms with Crippen LogP contribution in [0.2, 0.25) is 0 Å². The molecule has 1 fully saturated rings. The van der Waals surface area contributed by atoms with Gasteiger partial charge < -0.3 is 10.1 Å². The zero-order valence-electron chi connectivity index (χ0n) is 16.1. The van der Waals surface area contributed by atoms with Gasteiger partial charge in [0.1, 0.15) is 5.60 Å². The van der Waals surface area contributed by atoms with Crippen LogP contribution in [0.5, 0.6) is 0 Å². The Bertz CT molecular complexity index is 838. The second kappa shape index (κ2) is 7.49. The molecule has 150 valence electrons. The lowest BCUT2D eigenvalue weighted by Crippen LogP contribution is -2.33. The number of alkyl carbamates (subject to hydrolysis) is 1. The minimum absolute atomic E-state index is 0.272. The average molecular weight is 391 g/mol. The van der Waals surface area contributed by atoms with Gasteiger partial charge in [0.05, 0.1) is 5.56 Å². The van der Waals surface area contributed by atoms with Crippen molar-refractivity contribution >= 4 is 6.09 Å². The standard InChI is InChI=1S/C22H24F3NO2/c1-21(2,3)28-20(27)26-13-15-12-19(15)18-7-5-4-6-17(18)14-8-10-16(11-9-14)22(23,24)25/h4-11,15,19H,12-13H2,1-3H3,(H,26,27). The third kappa shape index (κ3) is 5.06. The fourth-order valence-corrected chi connectivity index (χ4v) is 3.30. The molecule has 3 nitrogen and oxygen atoms in total. The molecule has 1 aliphatic carbocycles. The molecule has 0 heterocycles. The highest BCUT2D eigenvalue weighted by atomic mass is 19.4. The molecule has 2 aromatic rings. The normalized spacial score (nSPS) is 19.2. The second-order valence-corrected chi connectivity index (χ2v) is 8.15. The number of alkyl halides is 3. The van der Waals surface area contributed by atoms with E-state index in [-0.39, 0.29) is 5.92 Å². The maximum atomic E-state index is 12.8. The van der Waals surface area contributed by atoms with Crippen LogP contribution in [-0.4, -0.2) is 18.2 Å². The number of hydrogen-bond acceptors (Lipinski definition) is 2. The molecule has 0 saturated heterocycles. The molecule has 2 aromatic carbocycles. The predicted octanol–water partition coefficient (Wildman–Crippen LogP) is 6.00. The molecular weight excluding hydrogens is 367 g/mol. The third-order valence-corrected chi connectivity index (χ3v) is 4.71. The van der Waals surface area contributed by atoms with Crippen molar-refractivity contribution in [3.05, 3.63) is 59.7 Å². The summed E-state index contributed by atoms with van der Waals surface area (Å²) >= 11 is 0. The van der Waals surface area contributed by atoms with Crippen molar-refractivity contribution in [3.63, 3.8) is 0 Å². The number of amides is 1. The van der Waals surface area contributed by atoms with Crippen LogP contribution >= 0.6 is 0 Å². The fourth-order valence-electron chi connectivity index (χ4n) is 3.30. The first kappa shape index (κ1) is 20.2. The van der Waals surface area contributed by atoms with Gasteiger partial charge in [0.2, 0.25) is 0 Å². The lowest BCUT2D eigenvalue weighted by atomic mass is 9.95. The molecular formula is C22H24F3NO2. The van der Waals surface area contributed by atoms with E-state index in [0.717, 1.165) is 35.2 Å². The SMILES string of the molecule is CC(C)(C)OC(=O)NCC1CC1c1ccccc1-c1ccc(C(F)(F)F)cc1. The summed E-state index contributed by atoms with van der Waals surface area (Å²) in [7, 11) is 0. The van der Waals surface area contributed by atoms with Crippen molar-refractivity contribution in [2.75, 3.05) is 6.54 Å². The Morgan fingerprint density at radius 2 is 1.71 bits per heavy atom. The van der Waals surface area contributed by atoms with Gasteiger partial charge in [-0.1, -0.05) is 36.4 Å². The smallest absolute Gasteiger partial charge is 0.416 e. The lowest BCUT2D eigenvalue weighted by Gasteiger charge is -2.19. The molecule has 6 heteroatoms. The molecule has 1 aliphatic rings. The number of carbonyl (C=O) groups is 1. The largest absolute Gasteiger partial charge is 0.444 e. The van der Waals surface area contributed by atoms with Gasteiger partial charge in [0.15, 0.2) is 0 Å². The van der Waals surface area contributed by atoms with Gasteiger partial charge >= 0.3 is 12.3 Å². The summed E-state index contributed by atoms with van der Waals surface area (Å²) < 4.78 is 43.6. The minimum Gasteiger partial charge on any atom is -0.444 e. The van der Waals surface area contributed by atoms with Gasteiger partial charge in [-0.3, -0.25) is 0 Å². The van der Waals surface area contributed by atoms with E-state index in [1.165, 1.54) is 12.1 Å². The highest BCUT2D eigenvalue weighted by Crippen LogP contribution is 2.50. The molecule has 0 aliphatic heterocycles. The number of carbonyl (C=O) groups excluding carboxylic acids is 1. The Hall–Kier alpha value is -2.50. The summed E-state index contributed by atoms with van der Waals surface area (Å²) in [5.74, 6) is 0.566. The number of halogens is 3. The topological polar surface area (TPSA) is 38.3 Å². The van der Waals surface area contributed by atoms with Crippen molar-refractivity contribution in [1.29, 1.82) is 0 Å². The molecule has 1 amide bonds. The molecule has 0 bridgehead atoms. The first-order valence-corrected chi connectivity index (χ1v) is 9.28. The van der Waals surface area contributed by atoms with E-state index in [0.29, 0.717) is 12.5 Å². The van der Waals surface area contributed by atoms with E-state index in [4.69, 9.17) is 4.74 Å². The summed E-state index contributed by atoms with van der Waals surface area (Å²) in [6, 6.07) is 13.0. The summed E-state index contributed by atoms with van der Waals surface area (Å²) in [5, 5.41) is 2.80. The molecule has 2 atom stereocenters. The van der Waals surface area contributed by atoms with E-state index in [1.807, 2.05) is 45.0 Å². The number of nitrogens with one attached hydrogen (secondary N) is 1. The molecule has 1 saturated carbocycles. The van der Waals surface area contributed by atoms with E-state index in [1.54, 1.807) is 0 Å². The Kier molecular flexibility index (Phi) is 5.41. The van der Waals surface area contributed by atoms with Crippen molar-refractivity contribution in [2.45, 2.75) is 44.9 Å². The zero-order chi connectivity index (χ0) is 20.5. The van der Waals surface area contributed by atoms with Gasteiger partial charge in [0, 0.05) is 6.54 Å². The van der Waals surface area contributed by atoms with Crippen LogP contribution in [0.1, 0.15) is 44.2 Å². The van der Waals surface area contributed by atoms with E-state index in [9.17, 15) is 18.0 Å². The summed E-state index contributed by atoms with van der Waals surface area (Å²) in [5.41, 5.74) is 1.59. The number of hydrogen-bond donors (Lipinski definition) is 1. The molecule has 0 spiro atoms. The summed E-state index contributed by atoms with van der Waals surface area (Å²) in [6.45, 7) is 5.95. The predicted molar refractivity (Wildman–Crippen MR) is 102 cm³/mol. The zero-order valence-corrected chi connectivity index (χ0v) is 16.1. The van der Waals surface area contributed by atoms with Crippen LogP contribution in [0, 0.1) is 5.92 Å². The van der Waals surface area contributed by atoms with Crippen LogP contribution in [-0.2, 0) is 10.9 Å². The van der Waals surface area contributed by atoms with Crippen LogP contribution < -0.4 is 5.32 Å². The Morgan fingerprint density at radius 3 is 2.32 bits per heavy atom. The highest BCUT2D eigenvalue weighted by Gasteiger charge is 2.40. The third-order valence-electron chi connectivity index (χ3n) is 4.71. The number of ether oxygens (including phenoxy) is 1. The molecule has 0 radical (unpaired) electrons. The van der Waals surface area contributed by atoms with Crippen molar-refractivity contribution in [2.24, 2.45) is 5.92 Å². The summed E-state index contributed by atoms with van der Waals surface area (Å²) in [6.07, 6.45) is -3.85. The number of rotatable bonds is 4. The maximum absolute atomic E-state index is 12.8. The van der Waals surface area contributed by atoms with Gasteiger partial charge in [-0.2, -0.15) is 13.2 Å². The van der Waals surface area contributed by atoms with Crippen LogP contribution in [0.25, 0.3) is 11.1 Å². The first-order valence-electron chi connectivity index (χ1n) is 9.28. The second-order valence-electron chi connectivity index (χ2n) is 8.15. The quantitative estimate of drug-likeness (QED) is 0.694. The van der Waals surface area contributed by atoms with Gasteiger partial charge in [-0.25, -0.2) is 4.79 Å². The van der Waals surface area contributed by atoms with E-state index in [2.05, 4.69) is 5.32 Å². The van der Waals surface area contributed by atoms with Crippen molar-refractivity contribution in [3.8, 4) is 11.1 Å². The van der Waals surface area contributed by atoms with Crippen molar-refractivity contribution < 1.29 is 22.7 Å². The molecule has 28 heavy (non-hydrogen) atoms. The molecule has 3 rings (SSSR count). The Morgan fingerprint density at radius 1 is 1.07 bits per heavy atom. The first-order chi connectivity index (χ1) is 13.0. The monoisotopic (exact) mass is 391 g/mol. The van der Waals surface area contributed by atoms with Crippen LogP contribution in [0.15, 0.2) is 48.5 Å². The summed E-state index contributed by atoms with van der Waals surface area (Å²) in [4.78, 5) is 11.8. The molecule has 2 unspecified atom stereocenters. The highest BCUT2D eigenvalue weighted by molar-refractivity contribution is 5.70. The Labute approximate surface area is 162 Å². The van der Waals surface area contributed by atoms with Crippen LogP contribution in [0.3, 0.4) is 0 Å². The van der Waals surface area contributed by atoms with Gasteiger partial charge in [-0.05, 0) is 67.9 Å². The lowest BCUT2D eigenvalue weighted by molar-refractivity contribution is -0.137. The van der Waals surface area contributed by atoms with Gasteiger partial charge in [0.25, 0.3) is 0 Å². The van der Waals surface area contributed by atoms with E-state index < -0.39 is 23.4 Å². The van der Waals surface area contributed by atoms with Gasteiger partial charge in [-0.15, -0.1) is 0 Å². The van der Waals surface area contributed by atoms with E-state index >= 15 is 0 Å². The molecule has 1 N–H and O–H groups in total. The minimum atomic E-state index is -4.34. The Balaban J connectivity index is 1.68. The maximum Gasteiger partial charge on any atom is 0.416 e. The molecule has 0 aromatic heterocycles.